The molecule has 2 aromatic heterocycles. The van der Waals surface area contributed by atoms with Crippen LogP contribution in [0.1, 0.15) is 34.8 Å². The van der Waals surface area contributed by atoms with Gasteiger partial charge in [0.15, 0.2) is 16.6 Å². The highest BCUT2D eigenvalue weighted by molar-refractivity contribution is 7.09. The number of fused-ring (bicyclic) bond motifs is 1. The van der Waals surface area contributed by atoms with Gasteiger partial charge in [-0.15, -0.1) is 0 Å². The van der Waals surface area contributed by atoms with E-state index in [2.05, 4.69) is 9.36 Å². The number of hydrogen-bond donors (Lipinski definition) is 0. The van der Waals surface area contributed by atoms with Crippen LogP contribution in [0.4, 0.5) is 10.2 Å². The lowest BCUT2D eigenvalue weighted by atomic mass is 10.1. The second-order valence-electron chi connectivity index (χ2n) is 7.72. The number of carbonyl (C=O) groups is 2. The molecular weight excluding hydrogens is 435 g/mol. The van der Waals surface area contributed by atoms with Gasteiger partial charge in [0, 0.05) is 18.7 Å². The number of anilines is 1. The van der Waals surface area contributed by atoms with E-state index in [1.54, 1.807) is 9.80 Å². The first-order valence-electron chi connectivity index (χ1n) is 10.3. The van der Waals surface area contributed by atoms with Crippen LogP contribution in [0, 0.1) is 12.7 Å². The summed E-state index contributed by atoms with van der Waals surface area (Å²) in [6.07, 6.45) is 0. The van der Waals surface area contributed by atoms with Gasteiger partial charge in [-0.3, -0.25) is 14.5 Å². The number of imidazole rings is 1. The summed E-state index contributed by atoms with van der Waals surface area (Å²) in [6, 6.07) is 5.16. The number of nitrogens with zero attached hydrogens (tertiary/aromatic N) is 6. The topological polar surface area (TPSA) is 93.5 Å². The summed E-state index contributed by atoms with van der Waals surface area (Å²) in [7, 11) is 0. The van der Waals surface area contributed by atoms with Gasteiger partial charge in [-0.05, 0) is 49.6 Å². The van der Waals surface area contributed by atoms with E-state index in [4.69, 9.17) is 9.72 Å². The number of morpholine rings is 1. The van der Waals surface area contributed by atoms with Crippen molar-refractivity contribution in [2.45, 2.75) is 26.4 Å². The molecule has 0 aliphatic carbocycles. The number of aryl methyl sites for hydroxylation is 1. The molecule has 1 atom stereocenters. The number of halogens is 1. The molecule has 1 fully saturated rings. The van der Waals surface area contributed by atoms with Crippen LogP contribution < -0.4 is 4.90 Å². The molecule has 5 rings (SSSR count). The van der Waals surface area contributed by atoms with Gasteiger partial charge in [0.05, 0.1) is 24.9 Å². The lowest BCUT2D eigenvalue weighted by molar-refractivity contribution is -0.125. The molecule has 0 spiro atoms. The van der Waals surface area contributed by atoms with Gasteiger partial charge in [0.1, 0.15) is 18.2 Å². The van der Waals surface area contributed by atoms with Gasteiger partial charge in [0.2, 0.25) is 0 Å². The van der Waals surface area contributed by atoms with Crippen molar-refractivity contribution in [1.29, 1.82) is 0 Å². The lowest BCUT2D eigenvalue weighted by Crippen LogP contribution is -2.45. The SMILES string of the molecule is Cc1nsc(-c2nc(N3CCOCC3=O)c3n2CCN(C(=O)c2ccc(F)cc2)C3C)n1. The number of ether oxygens (including phenoxy) is 1. The minimum absolute atomic E-state index is 0.00778. The summed E-state index contributed by atoms with van der Waals surface area (Å²) in [5, 5.41) is 0.668. The number of carbonyl (C=O) groups excluding carboxylic acids is 2. The third-order valence-corrected chi connectivity index (χ3v) is 6.53. The van der Waals surface area contributed by atoms with Gasteiger partial charge in [-0.2, -0.15) is 4.37 Å². The van der Waals surface area contributed by atoms with E-state index < -0.39 is 5.82 Å². The third kappa shape index (κ3) is 3.47. The van der Waals surface area contributed by atoms with Crippen LogP contribution in [0.15, 0.2) is 24.3 Å². The first-order valence-corrected chi connectivity index (χ1v) is 11.1. The van der Waals surface area contributed by atoms with E-state index >= 15 is 0 Å². The molecule has 32 heavy (non-hydrogen) atoms. The van der Waals surface area contributed by atoms with Crippen molar-refractivity contribution in [2.75, 3.05) is 31.2 Å². The molecular formula is C21H21FN6O3S. The standard InChI is InChI=1S/C21H21FN6O3S/c1-12-17-18(27-9-10-31-11-16(27)29)24-19(20-23-13(2)25-32-20)28(17)8-7-26(12)21(30)14-3-5-15(22)6-4-14/h3-6,12H,7-11H2,1-2H3. The zero-order chi connectivity index (χ0) is 22.4. The van der Waals surface area contributed by atoms with E-state index in [1.807, 2.05) is 18.4 Å². The van der Waals surface area contributed by atoms with Crippen molar-refractivity contribution >= 4 is 29.2 Å². The molecule has 11 heteroatoms. The fraction of sp³-hybridized carbons (Fsp3) is 0.381. The van der Waals surface area contributed by atoms with Crippen molar-refractivity contribution in [1.82, 2.24) is 23.8 Å². The number of hydrogen-bond acceptors (Lipinski definition) is 7. The minimum Gasteiger partial charge on any atom is -0.370 e. The fourth-order valence-electron chi connectivity index (χ4n) is 4.17. The Bertz CT molecular complexity index is 1190. The lowest BCUT2D eigenvalue weighted by Gasteiger charge is -2.36. The Morgan fingerprint density at radius 3 is 2.66 bits per heavy atom. The molecule has 166 valence electrons. The maximum absolute atomic E-state index is 13.3. The zero-order valence-corrected chi connectivity index (χ0v) is 18.4. The van der Waals surface area contributed by atoms with Gasteiger partial charge in [-0.25, -0.2) is 14.4 Å². The Hall–Kier alpha value is -3.18. The highest BCUT2D eigenvalue weighted by atomic mass is 32.1. The van der Waals surface area contributed by atoms with Gasteiger partial charge in [-0.1, -0.05) is 0 Å². The van der Waals surface area contributed by atoms with Crippen LogP contribution in [-0.4, -0.2) is 61.9 Å². The van der Waals surface area contributed by atoms with E-state index in [-0.39, 0.29) is 24.5 Å². The number of benzene rings is 1. The Labute approximate surface area is 187 Å². The zero-order valence-electron chi connectivity index (χ0n) is 17.6. The van der Waals surface area contributed by atoms with Crippen LogP contribution in [0.3, 0.4) is 0 Å². The van der Waals surface area contributed by atoms with E-state index in [0.717, 1.165) is 5.69 Å². The molecule has 0 N–H and O–H groups in total. The minimum atomic E-state index is -0.392. The maximum atomic E-state index is 13.3. The molecule has 0 bridgehead atoms. The Morgan fingerprint density at radius 2 is 1.97 bits per heavy atom. The Balaban J connectivity index is 1.58. The summed E-state index contributed by atoms with van der Waals surface area (Å²) < 4.78 is 24.9. The monoisotopic (exact) mass is 456 g/mol. The number of aromatic nitrogens is 4. The normalized spacial score (nSPS) is 18.7. The highest BCUT2D eigenvalue weighted by Crippen LogP contribution is 2.38. The molecule has 9 nitrogen and oxygen atoms in total. The van der Waals surface area contributed by atoms with Crippen LogP contribution in [-0.2, 0) is 16.1 Å². The molecule has 0 radical (unpaired) electrons. The quantitative estimate of drug-likeness (QED) is 0.601. The van der Waals surface area contributed by atoms with Crippen molar-refractivity contribution in [3.63, 3.8) is 0 Å². The predicted octanol–water partition coefficient (Wildman–Crippen LogP) is 2.43. The van der Waals surface area contributed by atoms with E-state index in [1.165, 1.54) is 35.8 Å². The molecule has 3 aromatic rings. The summed E-state index contributed by atoms with van der Waals surface area (Å²) in [5.74, 6) is 1.05. The van der Waals surface area contributed by atoms with Crippen molar-refractivity contribution in [3.05, 3.63) is 47.2 Å². The van der Waals surface area contributed by atoms with Crippen molar-refractivity contribution in [3.8, 4) is 10.8 Å². The van der Waals surface area contributed by atoms with Crippen LogP contribution in [0.25, 0.3) is 10.8 Å². The maximum Gasteiger partial charge on any atom is 0.254 e. The average molecular weight is 457 g/mol. The van der Waals surface area contributed by atoms with Crippen molar-refractivity contribution < 1.29 is 18.7 Å². The average Bonchev–Trinajstić information content (AvgIpc) is 3.38. The summed E-state index contributed by atoms with van der Waals surface area (Å²) in [5.41, 5.74) is 1.18. The number of rotatable bonds is 3. The van der Waals surface area contributed by atoms with Crippen LogP contribution >= 0.6 is 11.5 Å². The van der Waals surface area contributed by atoms with E-state index in [9.17, 15) is 14.0 Å². The molecule has 1 unspecified atom stereocenters. The highest BCUT2D eigenvalue weighted by Gasteiger charge is 2.37. The molecule has 0 saturated carbocycles. The van der Waals surface area contributed by atoms with Crippen molar-refractivity contribution in [2.24, 2.45) is 0 Å². The van der Waals surface area contributed by atoms with Gasteiger partial charge < -0.3 is 14.2 Å². The molecule has 2 amide bonds. The van der Waals surface area contributed by atoms with Gasteiger partial charge >= 0.3 is 0 Å². The largest absolute Gasteiger partial charge is 0.370 e. The molecule has 2 aliphatic heterocycles. The second-order valence-corrected chi connectivity index (χ2v) is 8.47. The summed E-state index contributed by atoms with van der Waals surface area (Å²) >= 11 is 1.25. The molecule has 2 aliphatic rings. The molecule has 1 saturated heterocycles. The summed E-state index contributed by atoms with van der Waals surface area (Å²) in [6.45, 7) is 5.46. The third-order valence-electron chi connectivity index (χ3n) is 5.73. The second kappa shape index (κ2) is 8.06. The number of amides is 2. The first kappa shape index (κ1) is 20.7. The molecule has 4 heterocycles. The predicted molar refractivity (Wildman–Crippen MR) is 115 cm³/mol. The van der Waals surface area contributed by atoms with Crippen LogP contribution in [0.5, 0.6) is 0 Å². The smallest absolute Gasteiger partial charge is 0.254 e. The molecule has 1 aromatic carbocycles. The Morgan fingerprint density at radius 1 is 1.19 bits per heavy atom. The van der Waals surface area contributed by atoms with E-state index in [0.29, 0.717) is 54.3 Å². The van der Waals surface area contributed by atoms with Gasteiger partial charge in [0.25, 0.3) is 11.8 Å². The summed E-state index contributed by atoms with van der Waals surface area (Å²) in [4.78, 5) is 38.5. The van der Waals surface area contributed by atoms with Crippen LogP contribution in [0.2, 0.25) is 0 Å². The first-order chi connectivity index (χ1) is 15.4. The Kier molecular flexibility index (Phi) is 5.22. The fourth-order valence-corrected chi connectivity index (χ4v) is 4.84.